The highest BCUT2D eigenvalue weighted by Gasteiger charge is 1.99. The summed E-state index contributed by atoms with van der Waals surface area (Å²) in [7, 11) is 0. The number of hydrogen-bond donors (Lipinski definition) is 2. The number of rotatable bonds is 3. The molecule has 0 bridgehead atoms. The molecule has 0 aliphatic heterocycles. The van der Waals surface area contributed by atoms with Crippen LogP contribution in [0.25, 0.3) is 0 Å². The first-order valence-electron chi connectivity index (χ1n) is 4.56. The second kappa shape index (κ2) is 4.47. The molecule has 2 aromatic heterocycles. The van der Waals surface area contributed by atoms with Crippen LogP contribution in [0, 0.1) is 0 Å². The summed E-state index contributed by atoms with van der Waals surface area (Å²) in [6.07, 6.45) is 5.87. The van der Waals surface area contributed by atoms with E-state index in [0.29, 0.717) is 12.2 Å². The predicted molar refractivity (Wildman–Crippen MR) is 56.9 cm³/mol. The lowest BCUT2D eigenvalue weighted by Gasteiger charge is -2.02. The molecule has 2 heterocycles. The summed E-state index contributed by atoms with van der Waals surface area (Å²) in [5, 5.41) is 0. The van der Waals surface area contributed by atoms with E-state index >= 15 is 0 Å². The maximum absolute atomic E-state index is 5.26. The number of anilines is 1. The van der Waals surface area contributed by atoms with Gasteiger partial charge in [0.1, 0.15) is 11.6 Å². The van der Waals surface area contributed by atoms with E-state index in [-0.39, 0.29) is 0 Å². The van der Waals surface area contributed by atoms with Crippen molar-refractivity contribution in [1.29, 1.82) is 0 Å². The van der Waals surface area contributed by atoms with E-state index < -0.39 is 0 Å². The molecule has 0 fully saturated rings. The Morgan fingerprint density at radius 3 is 2.93 bits per heavy atom. The summed E-state index contributed by atoms with van der Waals surface area (Å²) in [6.45, 7) is 0. The molecule has 0 atom stereocenters. The fraction of sp³-hybridized carbons (Fsp3) is 0.100. The molecule has 2 aromatic rings. The Kier molecular flexibility index (Phi) is 2.85. The largest absolute Gasteiger partial charge is 0.308 e. The maximum atomic E-state index is 5.26. The van der Waals surface area contributed by atoms with E-state index in [1.165, 1.54) is 0 Å². The zero-order valence-corrected chi connectivity index (χ0v) is 8.09. The number of hydrazine groups is 1. The van der Waals surface area contributed by atoms with Gasteiger partial charge in [0.25, 0.3) is 0 Å². The number of nitrogens with two attached hydrogens (primary N) is 1. The molecule has 0 aliphatic carbocycles. The van der Waals surface area contributed by atoms with Gasteiger partial charge in [0, 0.05) is 31.1 Å². The smallest absolute Gasteiger partial charge is 0.143 e. The topological polar surface area (TPSA) is 76.7 Å². The third-order valence-electron chi connectivity index (χ3n) is 1.94. The molecule has 2 rings (SSSR count). The van der Waals surface area contributed by atoms with Gasteiger partial charge in [-0.05, 0) is 11.6 Å². The summed E-state index contributed by atoms with van der Waals surface area (Å²) >= 11 is 0. The highest BCUT2D eigenvalue weighted by molar-refractivity contribution is 5.31. The van der Waals surface area contributed by atoms with Gasteiger partial charge in [0.05, 0.1) is 0 Å². The third-order valence-corrected chi connectivity index (χ3v) is 1.94. The Balaban J connectivity index is 2.17. The molecule has 3 N–H and O–H groups in total. The fourth-order valence-electron chi connectivity index (χ4n) is 1.25. The van der Waals surface area contributed by atoms with Gasteiger partial charge in [0.2, 0.25) is 0 Å². The van der Waals surface area contributed by atoms with Crippen molar-refractivity contribution in [1.82, 2.24) is 15.0 Å². The number of aromatic nitrogens is 3. The molecular formula is C10H11N5. The molecule has 0 unspecified atom stereocenters. The van der Waals surface area contributed by atoms with Crippen LogP contribution in [-0.4, -0.2) is 15.0 Å². The van der Waals surface area contributed by atoms with Crippen LogP contribution >= 0.6 is 0 Å². The minimum Gasteiger partial charge on any atom is -0.308 e. The second-order valence-electron chi connectivity index (χ2n) is 3.04. The number of nitrogens with one attached hydrogen (secondary N) is 1. The summed E-state index contributed by atoms with van der Waals surface area (Å²) in [4.78, 5) is 12.4. The lowest BCUT2D eigenvalue weighted by molar-refractivity contribution is 0.958. The van der Waals surface area contributed by atoms with Crippen molar-refractivity contribution >= 4 is 5.82 Å². The highest BCUT2D eigenvalue weighted by atomic mass is 15.3. The van der Waals surface area contributed by atoms with E-state index in [0.717, 1.165) is 11.4 Å². The molecule has 0 saturated carbocycles. The van der Waals surface area contributed by atoms with Gasteiger partial charge in [-0.3, -0.25) is 4.98 Å². The lowest BCUT2D eigenvalue weighted by atomic mass is 10.2. The average molecular weight is 201 g/mol. The van der Waals surface area contributed by atoms with Crippen LogP contribution in [0.15, 0.2) is 36.8 Å². The lowest BCUT2D eigenvalue weighted by Crippen LogP contribution is -2.10. The van der Waals surface area contributed by atoms with Crippen LogP contribution < -0.4 is 11.3 Å². The third kappa shape index (κ3) is 2.47. The first-order chi connectivity index (χ1) is 7.38. The van der Waals surface area contributed by atoms with Crippen LogP contribution in [0.5, 0.6) is 0 Å². The average Bonchev–Trinajstić information content (AvgIpc) is 2.31. The van der Waals surface area contributed by atoms with Crippen molar-refractivity contribution in [2.45, 2.75) is 6.42 Å². The van der Waals surface area contributed by atoms with Crippen LogP contribution in [0.2, 0.25) is 0 Å². The Morgan fingerprint density at radius 2 is 2.20 bits per heavy atom. The molecule has 0 aromatic carbocycles. The minimum absolute atomic E-state index is 0.615. The van der Waals surface area contributed by atoms with Crippen molar-refractivity contribution in [2.75, 3.05) is 5.43 Å². The van der Waals surface area contributed by atoms with Crippen molar-refractivity contribution < 1.29 is 0 Å². The van der Waals surface area contributed by atoms with E-state index in [1.807, 2.05) is 12.1 Å². The van der Waals surface area contributed by atoms with Gasteiger partial charge >= 0.3 is 0 Å². The SMILES string of the molecule is NNc1ccnc(Cc2cccnc2)n1. The molecule has 5 heteroatoms. The molecule has 0 aliphatic rings. The first kappa shape index (κ1) is 9.54. The quantitative estimate of drug-likeness (QED) is 0.566. The summed E-state index contributed by atoms with van der Waals surface area (Å²) in [6, 6.07) is 5.59. The summed E-state index contributed by atoms with van der Waals surface area (Å²) < 4.78 is 0. The zero-order valence-electron chi connectivity index (χ0n) is 8.09. The molecule has 15 heavy (non-hydrogen) atoms. The fourth-order valence-corrected chi connectivity index (χ4v) is 1.25. The first-order valence-corrected chi connectivity index (χ1v) is 4.56. The van der Waals surface area contributed by atoms with Crippen LogP contribution in [-0.2, 0) is 6.42 Å². The van der Waals surface area contributed by atoms with Crippen molar-refractivity contribution in [3.05, 3.63) is 48.2 Å². The van der Waals surface area contributed by atoms with Crippen LogP contribution in [0.4, 0.5) is 5.82 Å². The standard InChI is InChI=1S/C10H11N5/c11-15-9-3-5-13-10(14-9)6-8-2-1-4-12-7-8/h1-5,7H,6,11H2,(H,13,14,15). The van der Waals surface area contributed by atoms with Gasteiger partial charge in [-0.1, -0.05) is 6.07 Å². The molecular weight excluding hydrogens is 190 g/mol. The van der Waals surface area contributed by atoms with Gasteiger partial charge in [-0.25, -0.2) is 15.8 Å². The highest BCUT2D eigenvalue weighted by Crippen LogP contribution is 2.05. The van der Waals surface area contributed by atoms with Crippen molar-refractivity contribution in [3.63, 3.8) is 0 Å². The summed E-state index contributed by atoms with van der Waals surface area (Å²) in [5.41, 5.74) is 3.56. The number of nitrogen functional groups attached to an aromatic ring is 1. The second-order valence-corrected chi connectivity index (χ2v) is 3.04. The van der Waals surface area contributed by atoms with E-state index in [1.54, 1.807) is 24.7 Å². The van der Waals surface area contributed by atoms with Gasteiger partial charge in [-0.15, -0.1) is 0 Å². The Bertz CT molecular complexity index is 429. The predicted octanol–water partition coefficient (Wildman–Crippen LogP) is 0.748. The molecule has 5 nitrogen and oxygen atoms in total. The molecule has 0 amide bonds. The van der Waals surface area contributed by atoms with Crippen molar-refractivity contribution in [3.8, 4) is 0 Å². The van der Waals surface area contributed by atoms with E-state index in [4.69, 9.17) is 5.84 Å². The number of nitrogens with zero attached hydrogens (tertiary/aromatic N) is 3. The Hall–Kier alpha value is -2.01. The van der Waals surface area contributed by atoms with E-state index in [9.17, 15) is 0 Å². The van der Waals surface area contributed by atoms with Gasteiger partial charge in [0.15, 0.2) is 0 Å². The van der Waals surface area contributed by atoms with Gasteiger partial charge in [-0.2, -0.15) is 0 Å². The molecule has 0 radical (unpaired) electrons. The number of hydrogen-bond acceptors (Lipinski definition) is 5. The molecule has 0 saturated heterocycles. The normalized spacial score (nSPS) is 9.93. The molecule has 76 valence electrons. The van der Waals surface area contributed by atoms with Crippen LogP contribution in [0.1, 0.15) is 11.4 Å². The van der Waals surface area contributed by atoms with Crippen molar-refractivity contribution in [2.24, 2.45) is 5.84 Å². The number of pyridine rings is 1. The van der Waals surface area contributed by atoms with Gasteiger partial charge < -0.3 is 5.43 Å². The van der Waals surface area contributed by atoms with Crippen LogP contribution in [0.3, 0.4) is 0 Å². The Labute approximate surface area is 87.4 Å². The Morgan fingerprint density at radius 1 is 1.27 bits per heavy atom. The minimum atomic E-state index is 0.615. The zero-order chi connectivity index (χ0) is 10.5. The van der Waals surface area contributed by atoms with E-state index in [2.05, 4.69) is 20.4 Å². The maximum Gasteiger partial charge on any atom is 0.143 e. The monoisotopic (exact) mass is 201 g/mol. The molecule has 0 spiro atoms. The summed E-state index contributed by atoms with van der Waals surface area (Å²) in [5.74, 6) is 6.59.